The third-order valence-corrected chi connectivity index (χ3v) is 18.5. The van der Waals surface area contributed by atoms with Crippen LogP contribution in [0.5, 0.6) is 5.75 Å². The largest absolute Gasteiger partial charge is 0.497 e. The molecule has 0 spiro atoms. The van der Waals surface area contributed by atoms with E-state index in [1.807, 2.05) is 12.1 Å². The van der Waals surface area contributed by atoms with Crippen molar-refractivity contribution in [1.82, 2.24) is 0 Å². The average molecular weight is 607 g/mol. The maximum Gasteiger partial charge on any atom is 0.192 e. The molecule has 4 atom stereocenters. The number of allylic oxidation sites excluding steroid dienone is 1. The highest BCUT2D eigenvalue weighted by Crippen LogP contribution is 2.40. The molecule has 1 aliphatic rings. The van der Waals surface area contributed by atoms with Gasteiger partial charge in [0.1, 0.15) is 5.75 Å². The standard InChI is InChI=1S/C34H62O5Si2/c1-27(36-26-28-18-20-29(35-8)21-19-28)16-14-13-15-17-30-22-23-32(39-41(11,12)34(5,6)7)31(38-30)24-25-37-40(9,10)33(2,3)4/h15,17-21,27,30-32H,13-14,16,22-26H2,1-12H3/b17-15+/t27-,30-,31-,32-/m0/s1. The molecule has 0 saturated carbocycles. The van der Waals surface area contributed by atoms with Crippen LogP contribution in [-0.4, -0.2) is 54.8 Å². The fraction of sp³-hybridized carbons (Fsp3) is 0.765. The van der Waals surface area contributed by atoms with Crippen LogP contribution < -0.4 is 4.74 Å². The van der Waals surface area contributed by atoms with Crippen molar-refractivity contribution in [2.75, 3.05) is 13.7 Å². The molecule has 5 nitrogen and oxygen atoms in total. The lowest BCUT2D eigenvalue weighted by Gasteiger charge is -2.44. The number of ether oxygens (including phenoxy) is 3. The summed E-state index contributed by atoms with van der Waals surface area (Å²) in [5.41, 5.74) is 1.17. The molecule has 236 valence electrons. The zero-order valence-corrected chi connectivity index (χ0v) is 30.5. The predicted octanol–water partition coefficient (Wildman–Crippen LogP) is 9.68. The Kier molecular flexibility index (Phi) is 13.8. The van der Waals surface area contributed by atoms with Gasteiger partial charge in [0.15, 0.2) is 16.6 Å². The van der Waals surface area contributed by atoms with Crippen molar-refractivity contribution in [3.05, 3.63) is 42.0 Å². The first-order valence-corrected chi connectivity index (χ1v) is 21.7. The van der Waals surface area contributed by atoms with E-state index in [1.165, 1.54) is 5.56 Å². The van der Waals surface area contributed by atoms with Gasteiger partial charge in [0.2, 0.25) is 0 Å². The summed E-state index contributed by atoms with van der Waals surface area (Å²) in [4.78, 5) is 0. The van der Waals surface area contributed by atoms with Gasteiger partial charge in [-0.15, -0.1) is 0 Å². The summed E-state index contributed by atoms with van der Waals surface area (Å²) in [5.74, 6) is 0.875. The van der Waals surface area contributed by atoms with Crippen molar-refractivity contribution in [3.63, 3.8) is 0 Å². The molecular weight excluding hydrogens is 545 g/mol. The van der Waals surface area contributed by atoms with Crippen LogP contribution in [0.2, 0.25) is 36.3 Å². The van der Waals surface area contributed by atoms with Crippen molar-refractivity contribution in [3.8, 4) is 5.75 Å². The van der Waals surface area contributed by atoms with Crippen LogP contribution in [0.15, 0.2) is 36.4 Å². The second-order valence-electron chi connectivity index (χ2n) is 14.9. The average Bonchev–Trinajstić information content (AvgIpc) is 2.87. The van der Waals surface area contributed by atoms with E-state index < -0.39 is 16.6 Å². The Labute approximate surface area is 255 Å². The van der Waals surface area contributed by atoms with E-state index in [0.29, 0.717) is 6.61 Å². The van der Waals surface area contributed by atoms with Gasteiger partial charge >= 0.3 is 0 Å². The first-order valence-electron chi connectivity index (χ1n) is 15.8. The second kappa shape index (κ2) is 15.7. The maximum absolute atomic E-state index is 6.92. The molecule has 1 heterocycles. The van der Waals surface area contributed by atoms with Gasteiger partial charge in [-0.25, -0.2) is 0 Å². The number of hydrogen-bond donors (Lipinski definition) is 0. The third-order valence-electron chi connectivity index (χ3n) is 9.45. The Morgan fingerprint density at radius 3 is 2.17 bits per heavy atom. The van der Waals surface area contributed by atoms with Crippen molar-refractivity contribution >= 4 is 16.6 Å². The van der Waals surface area contributed by atoms with Gasteiger partial charge < -0.3 is 23.1 Å². The Bertz CT molecular complexity index is 915. The van der Waals surface area contributed by atoms with Crippen molar-refractivity contribution in [2.24, 2.45) is 0 Å². The van der Waals surface area contributed by atoms with Crippen LogP contribution in [0.1, 0.15) is 92.6 Å². The quantitative estimate of drug-likeness (QED) is 0.113. The summed E-state index contributed by atoms with van der Waals surface area (Å²) >= 11 is 0. The number of benzene rings is 1. The normalized spacial score (nSPS) is 21.8. The summed E-state index contributed by atoms with van der Waals surface area (Å²) < 4.78 is 31.5. The van der Waals surface area contributed by atoms with Crippen molar-refractivity contribution < 1.29 is 23.1 Å². The highest BCUT2D eigenvalue weighted by molar-refractivity contribution is 6.74. The molecule has 0 unspecified atom stereocenters. The molecule has 0 bridgehead atoms. The molecule has 1 fully saturated rings. The molecule has 1 aliphatic heterocycles. The summed E-state index contributed by atoms with van der Waals surface area (Å²) in [6, 6.07) is 8.09. The first-order chi connectivity index (χ1) is 18.9. The molecule has 7 heteroatoms. The third kappa shape index (κ3) is 11.9. The molecule has 0 amide bonds. The molecule has 41 heavy (non-hydrogen) atoms. The molecule has 0 aliphatic carbocycles. The number of unbranched alkanes of at least 4 members (excludes halogenated alkanes) is 1. The van der Waals surface area contributed by atoms with E-state index >= 15 is 0 Å². The van der Waals surface area contributed by atoms with Crippen LogP contribution in [-0.2, 0) is 24.9 Å². The highest BCUT2D eigenvalue weighted by Gasteiger charge is 2.43. The zero-order valence-electron chi connectivity index (χ0n) is 28.5. The molecule has 1 aromatic rings. The van der Waals surface area contributed by atoms with Crippen molar-refractivity contribution in [1.29, 1.82) is 0 Å². The smallest absolute Gasteiger partial charge is 0.192 e. The molecule has 1 saturated heterocycles. The molecule has 1 aromatic carbocycles. The summed E-state index contributed by atoms with van der Waals surface area (Å²) in [5, 5.41) is 0.391. The van der Waals surface area contributed by atoms with Gasteiger partial charge in [-0.1, -0.05) is 65.8 Å². The molecule has 0 radical (unpaired) electrons. The lowest BCUT2D eigenvalue weighted by Crippen LogP contribution is -2.50. The van der Waals surface area contributed by atoms with E-state index in [0.717, 1.165) is 50.9 Å². The van der Waals surface area contributed by atoms with Crippen LogP contribution in [0.3, 0.4) is 0 Å². The number of hydrogen-bond acceptors (Lipinski definition) is 5. The Morgan fingerprint density at radius 2 is 1.59 bits per heavy atom. The van der Waals surface area contributed by atoms with Crippen LogP contribution in [0.25, 0.3) is 0 Å². The topological polar surface area (TPSA) is 46.2 Å². The van der Waals surface area contributed by atoms with Crippen LogP contribution in [0, 0.1) is 0 Å². The number of rotatable bonds is 15. The minimum absolute atomic E-state index is 0.0728. The highest BCUT2D eigenvalue weighted by atomic mass is 28.4. The summed E-state index contributed by atoms with van der Waals surface area (Å²) in [7, 11) is -1.99. The minimum atomic E-state index is -1.89. The maximum atomic E-state index is 6.92. The monoisotopic (exact) mass is 606 g/mol. The second-order valence-corrected chi connectivity index (χ2v) is 24.5. The van der Waals surface area contributed by atoms with E-state index in [1.54, 1.807) is 7.11 Å². The lowest BCUT2D eigenvalue weighted by atomic mass is 9.98. The Morgan fingerprint density at radius 1 is 0.951 bits per heavy atom. The molecular formula is C34H62O5Si2. The fourth-order valence-corrected chi connectivity index (χ4v) is 6.88. The minimum Gasteiger partial charge on any atom is -0.497 e. The van der Waals surface area contributed by atoms with Gasteiger partial charge in [-0.2, -0.15) is 0 Å². The van der Waals surface area contributed by atoms with Gasteiger partial charge in [0, 0.05) is 6.61 Å². The SMILES string of the molecule is COc1ccc(CO[C@@H](C)CCC/C=C/[C@H]2CC[C@H](O[Si](C)(C)C(C)(C)C)[C@H](CCO[Si](C)(C)C(C)(C)C)O2)cc1. The molecule has 2 rings (SSSR count). The van der Waals surface area contributed by atoms with E-state index in [2.05, 4.69) is 98.9 Å². The van der Waals surface area contributed by atoms with Crippen molar-refractivity contribution in [2.45, 2.75) is 154 Å². The number of methoxy groups -OCH3 is 1. The van der Waals surface area contributed by atoms with Gasteiger partial charge in [-0.3, -0.25) is 0 Å². The van der Waals surface area contributed by atoms with Gasteiger partial charge in [-0.05, 0) is 99.4 Å². The predicted molar refractivity (Wildman–Crippen MR) is 178 cm³/mol. The fourth-order valence-electron chi connectivity index (χ4n) is 4.44. The van der Waals surface area contributed by atoms with E-state index in [9.17, 15) is 0 Å². The first kappa shape index (κ1) is 36.2. The Hall–Kier alpha value is -0.966. The Balaban J connectivity index is 1.86. The zero-order chi connectivity index (χ0) is 30.9. The van der Waals surface area contributed by atoms with Gasteiger partial charge in [0.25, 0.3) is 0 Å². The molecule has 0 N–H and O–H groups in total. The summed E-state index contributed by atoms with van der Waals surface area (Å²) in [6.45, 7) is 26.7. The van der Waals surface area contributed by atoms with Crippen LogP contribution >= 0.6 is 0 Å². The van der Waals surface area contributed by atoms with Gasteiger partial charge in [0.05, 0.1) is 38.1 Å². The lowest BCUT2D eigenvalue weighted by molar-refractivity contribution is -0.102. The summed E-state index contributed by atoms with van der Waals surface area (Å²) in [6.07, 6.45) is 11.3. The van der Waals surface area contributed by atoms with E-state index in [-0.39, 0.29) is 34.5 Å². The molecule has 0 aromatic heterocycles. The van der Waals surface area contributed by atoms with Crippen LogP contribution in [0.4, 0.5) is 0 Å². The van der Waals surface area contributed by atoms with E-state index in [4.69, 9.17) is 23.1 Å².